The molecule has 1 heterocycles. The Bertz CT molecular complexity index is 1010. The van der Waals surface area contributed by atoms with E-state index in [4.69, 9.17) is 0 Å². The lowest BCUT2D eigenvalue weighted by Crippen LogP contribution is -2.28. The van der Waals surface area contributed by atoms with Gasteiger partial charge in [-0.2, -0.15) is 0 Å². The highest BCUT2D eigenvalue weighted by atomic mass is 16.2. The van der Waals surface area contributed by atoms with Crippen LogP contribution in [0.3, 0.4) is 0 Å². The van der Waals surface area contributed by atoms with Gasteiger partial charge in [-0.3, -0.25) is 9.59 Å². The van der Waals surface area contributed by atoms with E-state index in [0.29, 0.717) is 17.7 Å². The van der Waals surface area contributed by atoms with Gasteiger partial charge < -0.3 is 10.2 Å². The van der Waals surface area contributed by atoms with Crippen LogP contribution < -0.4 is 10.2 Å². The van der Waals surface area contributed by atoms with E-state index in [0.717, 1.165) is 28.9 Å². The molecule has 0 atom stereocenters. The van der Waals surface area contributed by atoms with Crippen LogP contribution in [0.15, 0.2) is 72.8 Å². The van der Waals surface area contributed by atoms with Crippen LogP contribution in [0.25, 0.3) is 0 Å². The van der Waals surface area contributed by atoms with Crippen LogP contribution in [0.5, 0.6) is 0 Å². The first-order valence-electron chi connectivity index (χ1n) is 9.00. The van der Waals surface area contributed by atoms with E-state index < -0.39 is 0 Å². The molecule has 0 radical (unpaired) electrons. The molecular weight excluding hydrogens is 336 g/mol. The van der Waals surface area contributed by atoms with Crippen molar-refractivity contribution < 1.29 is 9.59 Å². The van der Waals surface area contributed by atoms with Crippen LogP contribution in [-0.2, 0) is 6.42 Å². The number of fused-ring (bicyclic) bond motifs is 1. The summed E-state index contributed by atoms with van der Waals surface area (Å²) in [4.78, 5) is 27.1. The first-order valence-corrected chi connectivity index (χ1v) is 9.00. The standard InChI is InChI=1S/C23H20N2O2/c1-16-7-5-6-10-20(16)22(26)24-19-11-12-21-18(15-19)13-14-25(21)23(27)17-8-3-2-4-9-17/h2-12,15H,13-14H2,1H3,(H,24,26). The molecule has 4 nitrogen and oxygen atoms in total. The molecule has 0 bridgehead atoms. The summed E-state index contributed by atoms with van der Waals surface area (Å²) in [6.07, 6.45) is 0.780. The van der Waals surface area contributed by atoms with Gasteiger partial charge in [-0.05, 0) is 60.9 Å². The average molecular weight is 356 g/mol. The maximum Gasteiger partial charge on any atom is 0.258 e. The number of nitrogens with one attached hydrogen (secondary N) is 1. The van der Waals surface area contributed by atoms with Crippen molar-refractivity contribution in [3.05, 3.63) is 95.1 Å². The third kappa shape index (κ3) is 3.34. The lowest BCUT2D eigenvalue weighted by Gasteiger charge is -2.18. The Morgan fingerprint density at radius 3 is 2.44 bits per heavy atom. The predicted molar refractivity (Wildman–Crippen MR) is 107 cm³/mol. The number of aryl methyl sites for hydroxylation is 1. The van der Waals surface area contributed by atoms with Gasteiger partial charge in [-0.1, -0.05) is 36.4 Å². The van der Waals surface area contributed by atoms with Crippen LogP contribution >= 0.6 is 0 Å². The molecule has 2 amide bonds. The highest BCUT2D eigenvalue weighted by molar-refractivity contribution is 6.08. The summed E-state index contributed by atoms with van der Waals surface area (Å²) in [5, 5.41) is 2.96. The second-order valence-electron chi connectivity index (χ2n) is 6.69. The Morgan fingerprint density at radius 2 is 1.67 bits per heavy atom. The Hall–Kier alpha value is -3.40. The first-order chi connectivity index (χ1) is 13.1. The molecule has 1 aliphatic heterocycles. The molecule has 1 aliphatic rings. The number of amides is 2. The molecule has 0 unspecified atom stereocenters. The number of hydrogen-bond donors (Lipinski definition) is 1. The number of rotatable bonds is 3. The monoisotopic (exact) mass is 356 g/mol. The number of hydrogen-bond acceptors (Lipinski definition) is 2. The second-order valence-corrected chi connectivity index (χ2v) is 6.69. The van der Waals surface area contributed by atoms with E-state index >= 15 is 0 Å². The van der Waals surface area contributed by atoms with Crippen molar-refractivity contribution >= 4 is 23.2 Å². The summed E-state index contributed by atoms with van der Waals surface area (Å²) in [6.45, 7) is 2.57. The van der Waals surface area contributed by atoms with E-state index in [1.54, 1.807) is 4.90 Å². The molecule has 0 saturated heterocycles. The van der Waals surface area contributed by atoms with Crippen LogP contribution in [0.1, 0.15) is 31.8 Å². The van der Waals surface area contributed by atoms with Crippen LogP contribution in [0.2, 0.25) is 0 Å². The van der Waals surface area contributed by atoms with Crippen molar-refractivity contribution in [1.29, 1.82) is 0 Å². The van der Waals surface area contributed by atoms with Gasteiger partial charge in [0.05, 0.1) is 0 Å². The fourth-order valence-corrected chi connectivity index (χ4v) is 3.45. The highest BCUT2D eigenvalue weighted by Gasteiger charge is 2.25. The lowest BCUT2D eigenvalue weighted by molar-refractivity contribution is 0.0987. The zero-order valence-corrected chi connectivity index (χ0v) is 15.1. The molecule has 0 aromatic heterocycles. The summed E-state index contributed by atoms with van der Waals surface area (Å²) in [7, 11) is 0. The summed E-state index contributed by atoms with van der Waals surface area (Å²) < 4.78 is 0. The third-order valence-corrected chi connectivity index (χ3v) is 4.89. The van der Waals surface area contributed by atoms with E-state index in [-0.39, 0.29) is 11.8 Å². The first kappa shape index (κ1) is 17.0. The van der Waals surface area contributed by atoms with E-state index in [1.165, 1.54) is 0 Å². The van der Waals surface area contributed by atoms with E-state index in [1.807, 2.05) is 79.7 Å². The molecular formula is C23H20N2O2. The fourth-order valence-electron chi connectivity index (χ4n) is 3.45. The van der Waals surface area contributed by atoms with Gasteiger partial charge >= 0.3 is 0 Å². The molecule has 0 saturated carbocycles. The van der Waals surface area contributed by atoms with Gasteiger partial charge in [-0.25, -0.2) is 0 Å². The SMILES string of the molecule is Cc1ccccc1C(=O)Nc1ccc2c(c1)CCN2C(=O)c1ccccc1. The maximum absolute atomic E-state index is 12.8. The summed E-state index contributed by atoms with van der Waals surface area (Å²) in [5.74, 6) is -0.116. The van der Waals surface area contributed by atoms with Gasteiger partial charge in [0.1, 0.15) is 0 Å². The zero-order chi connectivity index (χ0) is 18.8. The predicted octanol–water partition coefficient (Wildman–Crippen LogP) is 4.45. The van der Waals surface area contributed by atoms with Crippen molar-refractivity contribution in [2.75, 3.05) is 16.8 Å². The van der Waals surface area contributed by atoms with Crippen molar-refractivity contribution in [3.8, 4) is 0 Å². The summed E-state index contributed by atoms with van der Waals surface area (Å²) >= 11 is 0. The molecule has 0 fully saturated rings. The highest BCUT2D eigenvalue weighted by Crippen LogP contribution is 2.31. The fraction of sp³-hybridized carbons (Fsp3) is 0.130. The minimum absolute atomic E-state index is 0.00560. The van der Waals surface area contributed by atoms with Crippen LogP contribution in [0, 0.1) is 6.92 Å². The quantitative estimate of drug-likeness (QED) is 0.754. The van der Waals surface area contributed by atoms with Gasteiger partial charge in [0, 0.05) is 29.0 Å². The minimum atomic E-state index is -0.122. The van der Waals surface area contributed by atoms with Crippen LogP contribution in [0.4, 0.5) is 11.4 Å². The molecule has 4 heteroatoms. The Morgan fingerprint density at radius 1 is 0.926 bits per heavy atom. The number of anilines is 2. The maximum atomic E-state index is 12.8. The molecule has 3 aromatic rings. The summed E-state index contributed by atoms with van der Waals surface area (Å²) in [6, 6.07) is 22.5. The average Bonchev–Trinajstić information content (AvgIpc) is 3.11. The Labute approximate surface area is 158 Å². The van der Waals surface area contributed by atoms with Crippen molar-refractivity contribution in [2.45, 2.75) is 13.3 Å². The Balaban J connectivity index is 1.54. The third-order valence-electron chi connectivity index (χ3n) is 4.89. The van der Waals surface area contributed by atoms with Gasteiger partial charge in [-0.15, -0.1) is 0 Å². The molecule has 0 aliphatic carbocycles. The van der Waals surface area contributed by atoms with Crippen molar-refractivity contribution in [3.63, 3.8) is 0 Å². The minimum Gasteiger partial charge on any atom is -0.322 e. The topological polar surface area (TPSA) is 49.4 Å². The molecule has 134 valence electrons. The molecule has 4 rings (SSSR count). The molecule has 27 heavy (non-hydrogen) atoms. The van der Waals surface area contributed by atoms with Gasteiger partial charge in [0.15, 0.2) is 0 Å². The molecule has 3 aromatic carbocycles. The second kappa shape index (κ2) is 7.08. The van der Waals surface area contributed by atoms with E-state index in [2.05, 4.69) is 5.32 Å². The number of benzene rings is 3. The summed E-state index contributed by atoms with van der Waals surface area (Å²) in [5.41, 5.74) is 5.02. The lowest BCUT2D eigenvalue weighted by atomic mass is 10.1. The normalized spacial score (nSPS) is 12.6. The molecule has 1 N–H and O–H groups in total. The van der Waals surface area contributed by atoms with Gasteiger partial charge in [0.25, 0.3) is 11.8 Å². The number of nitrogens with zero attached hydrogens (tertiary/aromatic N) is 1. The Kier molecular flexibility index (Phi) is 4.47. The van der Waals surface area contributed by atoms with Crippen molar-refractivity contribution in [2.24, 2.45) is 0 Å². The number of carbonyl (C=O) groups is 2. The zero-order valence-electron chi connectivity index (χ0n) is 15.1. The van der Waals surface area contributed by atoms with Crippen LogP contribution in [-0.4, -0.2) is 18.4 Å². The largest absolute Gasteiger partial charge is 0.322 e. The van der Waals surface area contributed by atoms with E-state index in [9.17, 15) is 9.59 Å². The number of carbonyl (C=O) groups excluding carboxylic acids is 2. The van der Waals surface area contributed by atoms with Gasteiger partial charge in [0.2, 0.25) is 0 Å². The smallest absolute Gasteiger partial charge is 0.258 e. The molecule has 0 spiro atoms. The van der Waals surface area contributed by atoms with Crippen molar-refractivity contribution in [1.82, 2.24) is 0 Å².